The Morgan fingerprint density at radius 2 is 1.95 bits per heavy atom. The molecule has 1 aromatic carbocycles. The molecule has 110 valence electrons. The zero-order valence-corrected chi connectivity index (χ0v) is 12.5. The van der Waals surface area contributed by atoms with Crippen molar-refractivity contribution in [3.8, 4) is 0 Å². The number of amides is 1. The highest BCUT2D eigenvalue weighted by Crippen LogP contribution is 2.21. The van der Waals surface area contributed by atoms with Crippen LogP contribution in [-0.4, -0.2) is 30.1 Å². The van der Waals surface area contributed by atoms with E-state index in [0.717, 1.165) is 32.5 Å². The Morgan fingerprint density at radius 1 is 1.30 bits per heavy atom. The van der Waals surface area contributed by atoms with Crippen molar-refractivity contribution in [3.05, 3.63) is 35.9 Å². The summed E-state index contributed by atoms with van der Waals surface area (Å²) < 4.78 is 5.36. The highest BCUT2D eigenvalue weighted by molar-refractivity contribution is 5.79. The second-order valence-electron chi connectivity index (χ2n) is 5.60. The fourth-order valence-corrected chi connectivity index (χ4v) is 2.63. The molecule has 1 atom stereocenters. The molecule has 0 spiro atoms. The van der Waals surface area contributed by atoms with Crippen LogP contribution < -0.4 is 0 Å². The summed E-state index contributed by atoms with van der Waals surface area (Å²) in [5.41, 5.74) is 1.20. The Kier molecular flexibility index (Phi) is 5.60. The average molecular weight is 275 g/mol. The molecule has 0 radical (unpaired) electrons. The molecule has 3 heteroatoms. The topological polar surface area (TPSA) is 29.5 Å². The molecule has 1 heterocycles. The molecule has 1 aliphatic heterocycles. The quantitative estimate of drug-likeness (QED) is 0.825. The zero-order chi connectivity index (χ0) is 14.4. The molecule has 20 heavy (non-hydrogen) atoms. The van der Waals surface area contributed by atoms with Crippen LogP contribution in [0.3, 0.4) is 0 Å². The van der Waals surface area contributed by atoms with Gasteiger partial charge in [-0.15, -0.1) is 0 Å². The van der Waals surface area contributed by atoms with E-state index in [0.29, 0.717) is 12.5 Å². The second-order valence-corrected chi connectivity index (χ2v) is 5.60. The normalized spacial score (nSPS) is 17.7. The first-order chi connectivity index (χ1) is 9.72. The molecule has 0 aliphatic carbocycles. The van der Waals surface area contributed by atoms with E-state index in [9.17, 15) is 4.79 Å². The third-order valence-corrected chi connectivity index (χ3v) is 4.17. The van der Waals surface area contributed by atoms with E-state index in [1.165, 1.54) is 5.56 Å². The van der Waals surface area contributed by atoms with Crippen molar-refractivity contribution in [2.45, 2.75) is 45.7 Å². The summed E-state index contributed by atoms with van der Waals surface area (Å²) in [6.45, 7) is 6.43. The van der Waals surface area contributed by atoms with Crippen molar-refractivity contribution in [2.75, 3.05) is 13.2 Å². The Labute approximate surface area is 121 Å². The number of ether oxygens (including phenoxy) is 1. The maximum atomic E-state index is 12.8. The van der Waals surface area contributed by atoms with Crippen molar-refractivity contribution in [1.82, 2.24) is 4.90 Å². The lowest BCUT2D eigenvalue weighted by Gasteiger charge is -2.33. The molecular formula is C17H25NO2. The van der Waals surface area contributed by atoms with Crippen LogP contribution in [0.2, 0.25) is 0 Å². The second kappa shape index (κ2) is 7.44. The standard InChI is InChI=1S/C17H25NO2/c1-3-14(2)18(13-15-7-5-4-6-8-15)17(19)16-9-11-20-12-10-16/h4-8,14,16H,3,9-13H2,1-2H3/t14-/m1/s1. The smallest absolute Gasteiger partial charge is 0.226 e. The van der Waals surface area contributed by atoms with Gasteiger partial charge in [0.05, 0.1) is 0 Å². The number of carbonyl (C=O) groups is 1. The van der Waals surface area contributed by atoms with Gasteiger partial charge >= 0.3 is 0 Å². The molecule has 3 nitrogen and oxygen atoms in total. The fraction of sp³-hybridized carbons (Fsp3) is 0.588. The van der Waals surface area contributed by atoms with Crippen LogP contribution in [0.5, 0.6) is 0 Å². The first kappa shape index (κ1) is 15.0. The van der Waals surface area contributed by atoms with Gasteiger partial charge in [-0.05, 0) is 31.7 Å². The van der Waals surface area contributed by atoms with Crippen molar-refractivity contribution < 1.29 is 9.53 Å². The fourth-order valence-electron chi connectivity index (χ4n) is 2.63. The van der Waals surface area contributed by atoms with E-state index >= 15 is 0 Å². The minimum Gasteiger partial charge on any atom is -0.381 e. The lowest BCUT2D eigenvalue weighted by molar-refractivity contribution is -0.141. The first-order valence-corrected chi connectivity index (χ1v) is 7.64. The van der Waals surface area contributed by atoms with Crippen molar-refractivity contribution >= 4 is 5.91 Å². The third-order valence-electron chi connectivity index (χ3n) is 4.17. The van der Waals surface area contributed by atoms with Gasteiger partial charge in [-0.3, -0.25) is 4.79 Å². The van der Waals surface area contributed by atoms with Crippen LogP contribution in [0.25, 0.3) is 0 Å². The van der Waals surface area contributed by atoms with Crippen LogP contribution in [-0.2, 0) is 16.1 Å². The Bertz CT molecular complexity index is 412. The van der Waals surface area contributed by atoms with Crippen LogP contribution in [0, 0.1) is 5.92 Å². The highest BCUT2D eigenvalue weighted by atomic mass is 16.5. The van der Waals surface area contributed by atoms with Gasteiger partial charge in [0.15, 0.2) is 0 Å². The van der Waals surface area contributed by atoms with E-state index < -0.39 is 0 Å². The zero-order valence-electron chi connectivity index (χ0n) is 12.5. The van der Waals surface area contributed by atoms with Gasteiger partial charge in [-0.1, -0.05) is 37.3 Å². The average Bonchev–Trinajstić information content (AvgIpc) is 2.53. The summed E-state index contributed by atoms with van der Waals surface area (Å²) in [7, 11) is 0. The third kappa shape index (κ3) is 3.83. The van der Waals surface area contributed by atoms with E-state index in [1.54, 1.807) is 0 Å². The molecule has 1 fully saturated rings. The predicted molar refractivity (Wildman–Crippen MR) is 80.3 cm³/mol. The molecule has 0 aromatic heterocycles. The van der Waals surface area contributed by atoms with E-state index in [-0.39, 0.29) is 12.0 Å². The Morgan fingerprint density at radius 3 is 2.55 bits per heavy atom. The predicted octanol–water partition coefficient (Wildman–Crippen LogP) is 3.24. The molecule has 0 unspecified atom stereocenters. The number of benzene rings is 1. The monoisotopic (exact) mass is 275 g/mol. The summed E-state index contributed by atoms with van der Waals surface area (Å²) in [5, 5.41) is 0. The van der Waals surface area contributed by atoms with E-state index in [4.69, 9.17) is 4.74 Å². The molecule has 1 aromatic rings. The van der Waals surface area contributed by atoms with Gasteiger partial charge in [-0.25, -0.2) is 0 Å². The SMILES string of the molecule is CC[C@@H](C)N(Cc1ccccc1)C(=O)C1CCOCC1. The van der Waals surface area contributed by atoms with Gasteiger partial charge in [0, 0.05) is 31.7 Å². The van der Waals surface area contributed by atoms with Gasteiger partial charge in [0.25, 0.3) is 0 Å². The highest BCUT2D eigenvalue weighted by Gasteiger charge is 2.28. The minimum atomic E-state index is 0.140. The van der Waals surface area contributed by atoms with Crippen LogP contribution in [0.15, 0.2) is 30.3 Å². The number of hydrogen-bond donors (Lipinski definition) is 0. The molecular weight excluding hydrogens is 250 g/mol. The number of nitrogens with zero attached hydrogens (tertiary/aromatic N) is 1. The van der Waals surface area contributed by atoms with Crippen LogP contribution >= 0.6 is 0 Å². The van der Waals surface area contributed by atoms with Gasteiger partial charge in [0.1, 0.15) is 0 Å². The van der Waals surface area contributed by atoms with Gasteiger partial charge in [0.2, 0.25) is 5.91 Å². The van der Waals surface area contributed by atoms with Crippen LogP contribution in [0.4, 0.5) is 0 Å². The van der Waals surface area contributed by atoms with Crippen molar-refractivity contribution in [3.63, 3.8) is 0 Å². The molecule has 1 amide bonds. The summed E-state index contributed by atoms with van der Waals surface area (Å²) in [5.74, 6) is 0.438. The number of hydrogen-bond acceptors (Lipinski definition) is 2. The summed E-state index contributed by atoms with van der Waals surface area (Å²) in [6.07, 6.45) is 2.71. The first-order valence-electron chi connectivity index (χ1n) is 7.64. The maximum Gasteiger partial charge on any atom is 0.226 e. The summed E-state index contributed by atoms with van der Waals surface area (Å²) in [4.78, 5) is 14.8. The molecule has 1 saturated heterocycles. The van der Waals surface area contributed by atoms with Crippen molar-refractivity contribution in [2.24, 2.45) is 5.92 Å². The molecule has 0 N–H and O–H groups in total. The Hall–Kier alpha value is -1.35. The number of carbonyl (C=O) groups excluding carboxylic acids is 1. The minimum absolute atomic E-state index is 0.140. The van der Waals surface area contributed by atoms with Crippen LogP contribution in [0.1, 0.15) is 38.7 Å². The summed E-state index contributed by atoms with van der Waals surface area (Å²) in [6, 6.07) is 10.5. The molecule has 0 bridgehead atoms. The lowest BCUT2D eigenvalue weighted by Crippen LogP contribution is -2.43. The lowest BCUT2D eigenvalue weighted by atomic mass is 9.97. The summed E-state index contributed by atoms with van der Waals surface area (Å²) >= 11 is 0. The molecule has 0 saturated carbocycles. The number of rotatable bonds is 5. The van der Waals surface area contributed by atoms with Gasteiger partial charge in [-0.2, -0.15) is 0 Å². The molecule has 1 aliphatic rings. The molecule has 2 rings (SSSR count). The van der Waals surface area contributed by atoms with Crippen molar-refractivity contribution in [1.29, 1.82) is 0 Å². The van der Waals surface area contributed by atoms with E-state index in [2.05, 4.69) is 26.0 Å². The Balaban J connectivity index is 2.08. The largest absolute Gasteiger partial charge is 0.381 e. The van der Waals surface area contributed by atoms with E-state index in [1.807, 2.05) is 23.1 Å². The maximum absolute atomic E-state index is 12.8. The van der Waals surface area contributed by atoms with Gasteiger partial charge < -0.3 is 9.64 Å².